The summed E-state index contributed by atoms with van der Waals surface area (Å²) in [4.78, 5) is 34.6. The third-order valence-electron chi connectivity index (χ3n) is 2.75. The van der Waals surface area contributed by atoms with E-state index in [0.29, 0.717) is 6.42 Å². The molecule has 0 saturated heterocycles. The van der Waals surface area contributed by atoms with Crippen LogP contribution in [0.2, 0.25) is 0 Å². The maximum Gasteiger partial charge on any atom is 0.309 e. The third kappa shape index (κ3) is 10.2. The zero-order valence-corrected chi connectivity index (χ0v) is 14.5. The Bertz CT molecular complexity index is 384. The average Bonchev–Trinajstić information content (AvgIpc) is 2.38. The molecule has 0 spiro atoms. The first-order valence-corrected chi connectivity index (χ1v) is 7.69. The molecule has 0 aliphatic heterocycles. The minimum atomic E-state index is -0.520. The molecule has 22 heavy (non-hydrogen) atoms. The van der Waals surface area contributed by atoms with Crippen molar-refractivity contribution in [2.75, 3.05) is 13.2 Å². The highest BCUT2D eigenvalue weighted by Gasteiger charge is 2.22. The van der Waals surface area contributed by atoms with Gasteiger partial charge in [-0.2, -0.15) is 0 Å². The molecule has 0 aliphatic carbocycles. The zero-order chi connectivity index (χ0) is 17.3. The Hall–Kier alpha value is -1.59. The highest BCUT2D eigenvalue weighted by Crippen LogP contribution is 2.14. The van der Waals surface area contributed by atoms with Gasteiger partial charge in [0.1, 0.15) is 12.2 Å². The standard InChI is InChI=1S/C16H29NO5/c1-11(2)14(19)21-10-9-17-13(18)8-7-12(3)15(20)22-16(4,5)6/h11-12H,7-10H2,1-6H3,(H,17,18). The van der Waals surface area contributed by atoms with Crippen molar-refractivity contribution < 1.29 is 23.9 Å². The van der Waals surface area contributed by atoms with E-state index < -0.39 is 5.60 Å². The summed E-state index contributed by atoms with van der Waals surface area (Å²) < 4.78 is 10.2. The number of rotatable bonds is 8. The van der Waals surface area contributed by atoms with Gasteiger partial charge in [0.15, 0.2) is 0 Å². The van der Waals surface area contributed by atoms with Gasteiger partial charge in [-0.3, -0.25) is 14.4 Å². The van der Waals surface area contributed by atoms with Crippen molar-refractivity contribution in [3.63, 3.8) is 0 Å². The van der Waals surface area contributed by atoms with E-state index in [1.54, 1.807) is 20.8 Å². The van der Waals surface area contributed by atoms with Crippen LogP contribution in [0.1, 0.15) is 54.4 Å². The Morgan fingerprint density at radius 1 is 1.05 bits per heavy atom. The number of esters is 2. The lowest BCUT2D eigenvalue weighted by molar-refractivity contribution is -0.159. The van der Waals surface area contributed by atoms with Crippen molar-refractivity contribution >= 4 is 17.8 Å². The smallest absolute Gasteiger partial charge is 0.309 e. The van der Waals surface area contributed by atoms with Gasteiger partial charge >= 0.3 is 11.9 Å². The molecular formula is C16H29NO5. The summed E-state index contributed by atoms with van der Waals surface area (Å²) >= 11 is 0. The maximum atomic E-state index is 11.8. The first-order chi connectivity index (χ1) is 10.0. The zero-order valence-electron chi connectivity index (χ0n) is 14.5. The summed E-state index contributed by atoms with van der Waals surface area (Å²) in [5.74, 6) is -1.26. The number of ether oxygens (including phenoxy) is 2. The first kappa shape index (κ1) is 20.4. The van der Waals surface area contributed by atoms with Gasteiger partial charge in [-0.15, -0.1) is 0 Å². The Morgan fingerprint density at radius 3 is 2.14 bits per heavy atom. The molecule has 0 radical (unpaired) electrons. The summed E-state index contributed by atoms with van der Waals surface area (Å²) in [7, 11) is 0. The molecule has 0 heterocycles. The lowest BCUT2D eigenvalue weighted by atomic mass is 10.1. The van der Waals surface area contributed by atoms with Gasteiger partial charge in [0.25, 0.3) is 0 Å². The second-order valence-electron chi connectivity index (χ2n) is 6.65. The average molecular weight is 315 g/mol. The third-order valence-corrected chi connectivity index (χ3v) is 2.75. The van der Waals surface area contributed by atoms with Crippen molar-refractivity contribution in [3.8, 4) is 0 Å². The largest absolute Gasteiger partial charge is 0.464 e. The fourth-order valence-corrected chi connectivity index (χ4v) is 1.46. The Labute approximate surface area is 132 Å². The van der Waals surface area contributed by atoms with Gasteiger partial charge in [0, 0.05) is 6.42 Å². The number of carbonyl (C=O) groups is 3. The summed E-state index contributed by atoms with van der Waals surface area (Å²) in [6.07, 6.45) is 0.658. The van der Waals surface area contributed by atoms with E-state index in [1.807, 2.05) is 20.8 Å². The minimum absolute atomic E-state index is 0.157. The van der Waals surface area contributed by atoms with E-state index in [1.165, 1.54) is 0 Å². The molecule has 0 fully saturated rings. The lowest BCUT2D eigenvalue weighted by Gasteiger charge is -2.22. The van der Waals surface area contributed by atoms with E-state index in [0.717, 1.165) is 0 Å². The van der Waals surface area contributed by atoms with Crippen LogP contribution >= 0.6 is 0 Å². The lowest BCUT2D eigenvalue weighted by Crippen LogP contribution is -2.30. The Morgan fingerprint density at radius 2 is 1.64 bits per heavy atom. The second-order valence-corrected chi connectivity index (χ2v) is 6.65. The topological polar surface area (TPSA) is 81.7 Å². The fourth-order valence-electron chi connectivity index (χ4n) is 1.46. The molecule has 0 aromatic rings. The molecule has 0 aromatic heterocycles. The van der Waals surface area contributed by atoms with Crippen LogP contribution in [0.25, 0.3) is 0 Å². The first-order valence-electron chi connectivity index (χ1n) is 7.69. The predicted molar refractivity (Wildman–Crippen MR) is 83.0 cm³/mol. The van der Waals surface area contributed by atoms with Crippen LogP contribution in [-0.4, -0.2) is 36.6 Å². The molecule has 6 heteroatoms. The van der Waals surface area contributed by atoms with Crippen LogP contribution in [0, 0.1) is 11.8 Å². The van der Waals surface area contributed by atoms with Gasteiger partial charge < -0.3 is 14.8 Å². The van der Waals surface area contributed by atoms with Crippen molar-refractivity contribution in [2.45, 2.75) is 60.0 Å². The van der Waals surface area contributed by atoms with Crippen molar-refractivity contribution in [1.82, 2.24) is 5.32 Å². The van der Waals surface area contributed by atoms with Crippen molar-refractivity contribution in [1.29, 1.82) is 0 Å². The number of hydrogen-bond acceptors (Lipinski definition) is 5. The summed E-state index contributed by atoms with van der Waals surface area (Å²) in [5.41, 5.74) is -0.520. The number of amides is 1. The Kier molecular flexibility index (Phi) is 8.75. The highest BCUT2D eigenvalue weighted by atomic mass is 16.6. The minimum Gasteiger partial charge on any atom is -0.464 e. The van der Waals surface area contributed by atoms with E-state index in [4.69, 9.17) is 9.47 Å². The highest BCUT2D eigenvalue weighted by molar-refractivity contribution is 5.77. The summed E-state index contributed by atoms with van der Waals surface area (Å²) in [6.45, 7) is 11.1. The maximum absolute atomic E-state index is 11.8. The number of hydrogen-bond donors (Lipinski definition) is 1. The van der Waals surface area contributed by atoms with E-state index in [2.05, 4.69) is 5.32 Å². The van der Waals surface area contributed by atoms with Gasteiger partial charge in [-0.25, -0.2) is 0 Å². The van der Waals surface area contributed by atoms with E-state index >= 15 is 0 Å². The van der Waals surface area contributed by atoms with Gasteiger partial charge in [0.2, 0.25) is 5.91 Å². The number of nitrogens with one attached hydrogen (secondary N) is 1. The number of carbonyl (C=O) groups excluding carboxylic acids is 3. The normalized spacial score (nSPS) is 12.7. The molecule has 0 bridgehead atoms. The van der Waals surface area contributed by atoms with Crippen LogP contribution in [-0.2, 0) is 23.9 Å². The molecule has 0 saturated carbocycles. The Balaban J connectivity index is 3.85. The molecule has 6 nitrogen and oxygen atoms in total. The molecule has 1 atom stereocenters. The SMILES string of the molecule is CC(C)C(=O)OCCNC(=O)CCC(C)C(=O)OC(C)(C)C. The van der Waals surface area contributed by atoms with Crippen LogP contribution < -0.4 is 5.32 Å². The molecule has 1 unspecified atom stereocenters. The van der Waals surface area contributed by atoms with Crippen molar-refractivity contribution in [3.05, 3.63) is 0 Å². The molecule has 1 amide bonds. The summed E-state index contributed by atoms with van der Waals surface area (Å²) in [5, 5.41) is 2.65. The van der Waals surface area contributed by atoms with Crippen LogP contribution in [0.4, 0.5) is 0 Å². The van der Waals surface area contributed by atoms with Crippen LogP contribution in [0.5, 0.6) is 0 Å². The quantitative estimate of drug-likeness (QED) is 0.547. The van der Waals surface area contributed by atoms with Crippen molar-refractivity contribution in [2.24, 2.45) is 11.8 Å². The van der Waals surface area contributed by atoms with E-state index in [-0.39, 0.29) is 49.3 Å². The van der Waals surface area contributed by atoms with E-state index in [9.17, 15) is 14.4 Å². The van der Waals surface area contributed by atoms with Crippen LogP contribution in [0.3, 0.4) is 0 Å². The molecule has 128 valence electrons. The molecule has 0 aromatic carbocycles. The molecule has 0 aliphatic rings. The predicted octanol–water partition coefficient (Wildman–Crippen LogP) is 2.06. The fraction of sp³-hybridized carbons (Fsp3) is 0.812. The van der Waals surface area contributed by atoms with Gasteiger partial charge in [-0.1, -0.05) is 20.8 Å². The molecule has 0 rings (SSSR count). The summed E-state index contributed by atoms with van der Waals surface area (Å²) in [6, 6.07) is 0. The second kappa shape index (κ2) is 9.43. The monoisotopic (exact) mass is 315 g/mol. The van der Waals surface area contributed by atoms with Gasteiger partial charge in [-0.05, 0) is 27.2 Å². The molecular weight excluding hydrogens is 286 g/mol. The van der Waals surface area contributed by atoms with Crippen LogP contribution in [0.15, 0.2) is 0 Å². The van der Waals surface area contributed by atoms with Gasteiger partial charge in [0.05, 0.1) is 18.4 Å². The molecule has 1 N–H and O–H groups in total.